The molecule has 1 unspecified atom stereocenters. The Hall–Kier alpha value is -4.52. The summed E-state index contributed by atoms with van der Waals surface area (Å²) in [6.07, 6.45) is -5.69. The molecule has 6 rings (SSSR count). The first kappa shape index (κ1) is 47.0. The number of halogens is 1. The highest BCUT2D eigenvalue weighted by molar-refractivity contribution is 7.80. The molecule has 0 radical (unpaired) electrons. The number of esters is 4. The maximum Gasteiger partial charge on any atom is 0.303 e. The summed E-state index contributed by atoms with van der Waals surface area (Å²) in [7, 11) is 0. The summed E-state index contributed by atoms with van der Waals surface area (Å²) in [5.41, 5.74) is 2.93. The van der Waals surface area contributed by atoms with Gasteiger partial charge in [0.25, 0.3) is 0 Å². The number of carbonyl (C=O) groups excluding carboxylic acids is 4. The van der Waals surface area contributed by atoms with Gasteiger partial charge in [0.2, 0.25) is 0 Å². The van der Waals surface area contributed by atoms with Crippen LogP contribution in [-0.2, 0) is 64.5 Å². The molecular formula is C45H53ClN2O13S. The molecule has 0 saturated carbocycles. The Kier molecular flexibility index (Phi) is 16.1. The van der Waals surface area contributed by atoms with Gasteiger partial charge in [-0.15, -0.1) is 0 Å². The van der Waals surface area contributed by atoms with Crippen LogP contribution in [0.3, 0.4) is 0 Å². The molecule has 0 aromatic heterocycles. The molecule has 3 aromatic carbocycles. The number of ether oxygens (including phenoxy) is 7. The average molecular weight is 897 g/mol. The molecular weight excluding hydrogens is 844 g/mol. The lowest BCUT2D eigenvalue weighted by Crippen LogP contribution is -2.62. The highest BCUT2D eigenvalue weighted by Crippen LogP contribution is 2.40. The Morgan fingerprint density at radius 2 is 1.44 bits per heavy atom. The van der Waals surface area contributed by atoms with Crippen molar-refractivity contribution in [2.75, 3.05) is 31.6 Å². The van der Waals surface area contributed by atoms with E-state index >= 15 is 0 Å². The topological polar surface area (TPSA) is 189 Å². The second kappa shape index (κ2) is 21.2. The van der Waals surface area contributed by atoms with Gasteiger partial charge in [0, 0.05) is 76.4 Å². The molecule has 3 aromatic rings. The molecule has 62 heavy (non-hydrogen) atoms. The summed E-state index contributed by atoms with van der Waals surface area (Å²) in [5.74, 6) is -2.78. The van der Waals surface area contributed by atoms with E-state index in [0.717, 1.165) is 30.5 Å². The van der Waals surface area contributed by atoms with Gasteiger partial charge in [-0.1, -0.05) is 72.3 Å². The van der Waals surface area contributed by atoms with E-state index in [1.54, 1.807) is 12.1 Å². The number of aliphatic hydroxyl groups is 2. The Morgan fingerprint density at radius 3 is 2.05 bits per heavy atom. The van der Waals surface area contributed by atoms with Crippen LogP contribution in [0.25, 0.3) is 0 Å². The minimum Gasteiger partial charge on any atom is -0.463 e. The van der Waals surface area contributed by atoms with Gasteiger partial charge in [-0.25, -0.2) is 0 Å². The number of likely N-dealkylation sites (tertiary alicyclic amines) is 1. The number of thiocarbonyl (C=S) groups is 1. The van der Waals surface area contributed by atoms with Crippen LogP contribution in [0, 0.1) is 0 Å². The lowest BCUT2D eigenvalue weighted by molar-refractivity contribution is -0.253. The van der Waals surface area contributed by atoms with Crippen molar-refractivity contribution < 1.29 is 62.5 Å². The highest BCUT2D eigenvalue weighted by atomic mass is 35.5. The smallest absolute Gasteiger partial charge is 0.303 e. The predicted molar refractivity (Wildman–Crippen MR) is 229 cm³/mol. The first-order valence-corrected chi connectivity index (χ1v) is 21.3. The third kappa shape index (κ3) is 12.6. The standard InChI is InChI=1S/C45H53ClN2O13S/c1-26(50)55-25-39-42(57-28(3)52)43(58-29(4)53)41(56-27(2)51)38(60-39)22-40(62)47-35-7-5-6-32(20-35)44-59-36(21-37(61-44)31-10-8-30(24-49)9-11-31)23-48-18-16-45(54,17-19-48)33-12-14-34(46)15-13-33/h5-15,20,36-39,41-44,49,54H,16-19,21-25H2,1-4H3,(H,47,62)/t36-,37+,38-,39+,41-,42+,43+,44?/m0/s1. The predicted octanol–water partition coefficient (Wildman–Crippen LogP) is 5.62. The van der Waals surface area contributed by atoms with Gasteiger partial charge in [-0.3, -0.25) is 19.2 Å². The fourth-order valence-electron chi connectivity index (χ4n) is 8.12. The normalized spacial score (nSPS) is 26.1. The molecule has 15 nitrogen and oxygen atoms in total. The van der Waals surface area contributed by atoms with E-state index < -0.39 is 66.3 Å². The van der Waals surface area contributed by atoms with Gasteiger partial charge in [0.1, 0.15) is 18.8 Å². The third-order valence-corrected chi connectivity index (χ3v) is 11.6. The summed E-state index contributed by atoms with van der Waals surface area (Å²) in [4.78, 5) is 51.1. The average Bonchev–Trinajstić information content (AvgIpc) is 3.23. The van der Waals surface area contributed by atoms with Crippen LogP contribution in [0.15, 0.2) is 72.8 Å². The summed E-state index contributed by atoms with van der Waals surface area (Å²) in [5, 5.41) is 25.0. The molecule has 3 heterocycles. The number of benzene rings is 3. The van der Waals surface area contributed by atoms with Crippen molar-refractivity contribution in [2.24, 2.45) is 0 Å². The maximum atomic E-state index is 12.4. The molecule has 334 valence electrons. The second-order valence-electron chi connectivity index (χ2n) is 15.8. The zero-order valence-corrected chi connectivity index (χ0v) is 36.6. The van der Waals surface area contributed by atoms with Gasteiger partial charge in [0.15, 0.2) is 24.6 Å². The zero-order valence-electron chi connectivity index (χ0n) is 35.0. The minimum atomic E-state index is -1.31. The van der Waals surface area contributed by atoms with Gasteiger partial charge in [-0.2, -0.15) is 0 Å². The number of hydrogen-bond donors (Lipinski definition) is 3. The molecule has 17 heteroatoms. The molecule has 3 aliphatic rings. The molecule has 3 fully saturated rings. The largest absolute Gasteiger partial charge is 0.463 e. The number of hydrogen-bond acceptors (Lipinski definition) is 15. The van der Waals surface area contributed by atoms with Crippen molar-refractivity contribution in [3.05, 3.63) is 100 Å². The van der Waals surface area contributed by atoms with Gasteiger partial charge in [0.05, 0.1) is 29.4 Å². The quantitative estimate of drug-likeness (QED) is 0.103. The molecule has 0 bridgehead atoms. The summed E-state index contributed by atoms with van der Waals surface area (Å²) in [6.45, 7) is 6.21. The van der Waals surface area contributed by atoms with Gasteiger partial charge in [-0.05, 0) is 53.8 Å². The number of rotatable bonds is 14. The zero-order chi connectivity index (χ0) is 44.6. The molecule has 8 atom stereocenters. The van der Waals surface area contributed by atoms with E-state index in [4.69, 9.17) is 57.0 Å². The van der Waals surface area contributed by atoms with E-state index in [-0.39, 0.29) is 36.8 Å². The number of nitrogens with zero attached hydrogens (tertiary/aromatic N) is 1. The lowest BCUT2D eigenvalue weighted by Gasteiger charge is -2.44. The van der Waals surface area contributed by atoms with Crippen molar-refractivity contribution in [2.45, 2.75) is 115 Å². The number of piperidine rings is 1. The van der Waals surface area contributed by atoms with Crippen LogP contribution in [0.2, 0.25) is 5.02 Å². The SMILES string of the molecule is CC(=O)OC[C@H]1O[C@@H](CC(=S)Nc2cccc(C3O[C@H](CN4CCC(O)(c5ccc(Cl)cc5)CC4)C[C@H](c4ccc(CO)cc4)O3)c2)[C@H](OC(C)=O)[C@@H](OC(C)=O)[C@@H]1OC(C)=O. The van der Waals surface area contributed by atoms with Crippen LogP contribution < -0.4 is 5.32 Å². The maximum absolute atomic E-state index is 12.4. The fraction of sp³-hybridized carbons (Fsp3) is 0.489. The van der Waals surface area contributed by atoms with Crippen LogP contribution >= 0.6 is 23.8 Å². The molecule has 3 aliphatic heterocycles. The highest BCUT2D eigenvalue weighted by Gasteiger charge is 2.52. The number of aliphatic hydroxyl groups excluding tert-OH is 1. The van der Waals surface area contributed by atoms with Crippen LogP contribution in [0.5, 0.6) is 0 Å². The van der Waals surface area contributed by atoms with E-state index in [1.165, 1.54) is 13.8 Å². The Morgan fingerprint density at radius 1 is 0.806 bits per heavy atom. The van der Waals surface area contributed by atoms with Crippen LogP contribution in [-0.4, -0.2) is 107 Å². The van der Waals surface area contributed by atoms with E-state index in [9.17, 15) is 29.4 Å². The number of nitrogens with one attached hydrogen (secondary N) is 1. The van der Waals surface area contributed by atoms with Crippen molar-refractivity contribution in [3.63, 3.8) is 0 Å². The van der Waals surface area contributed by atoms with Crippen molar-refractivity contribution in [3.8, 4) is 0 Å². The van der Waals surface area contributed by atoms with Gasteiger partial charge >= 0.3 is 23.9 Å². The molecule has 0 spiro atoms. The lowest BCUT2D eigenvalue weighted by atomic mass is 9.84. The Balaban J connectivity index is 1.18. The van der Waals surface area contributed by atoms with E-state index in [2.05, 4.69) is 10.2 Å². The Labute approximate surface area is 370 Å². The molecule has 3 saturated heterocycles. The summed E-state index contributed by atoms with van der Waals surface area (Å²) in [6, 6.07) is 22.4. The molecule has 0 aliphatic carbocycles. The van der Waals surface area contributed by atoms with Gasteiger partial charge < -0.3 is 53.6 Å². The van der Waals surface area contributed by atoms with E-state index in [0.29, 0.717) is 55.2 Å². The number of carbonyl (C=O) groups is 4. The first-order valence-electron chi connectivity index (χ1n) is 20.5. The summed E-state index contributed by atoms with van der Waals surface area (Å²) < 4.78 is 41.4. The Bertz CT molecular complexity index is 2050. The van der Waals surface area contributed by atoms with Crippen LogP contribution in [0.1, 0.15) is 88.0 Å². The minimum absolute atomic E-state index is 0.0496. The summed E-state index contributed by atoms with van der Waals surface area (Å²) >= 11 is 11.9. The third-order valence-electron chi connectivity index (χ3n) is 11.1. The van der Waals surface area contributed by atoms with E-state index in [1.807, 2.05) is 60.7 Å². The fourth-order valence-corrected chi connectivity index (χ4v) is 8.52. The van der Waals surface area contributed by atoms with Crippen molar-refractivity contribution >= 4 is 58.4 Å². The monoisotopic (exact) mass is 896 g/mol. The van der Waals surface area contributed by atoms with Crippen molar-refractivity contribution in [1.82, 2.24) is 4.90 Å². The second-order valence-corrected chi connectivity index (χ2v) is 16.7. The van der Waals surface area contributed by atoms with Crippen molar-refractivity contribution in [1.29, 1.82) is 0 Å². The molecule has 3 N–H and O–H groups in total. The van der Waals surface area contributed by atoms with Crippen LogP contribution in [0.4, 0.5) is 5.69 Å². The number of anilines is 1. The first-order chi connectivity index (χ1) is 29.6. The molecule has 0 amide bonds.